The molecule has 0 saturated heterocycles. The summed E-state index contributed by atoms with van der Waals surface area (Å²) in [6.45, 7) is 0. The van der Waals surface area contributed by atoms with Gasteiger partial charge in [-0.1, -0.05) is 6.07 Å². The number of aliphatic hydroxyl groups excluding tert-OH is 2. The van der Waals surface area contributed by atoms with Gasteiger partial charge in [-0.2, -0.15) is 0 Å². The molecule has 0 heterocycles. The van der Waals surface area contributed by atoms with Crippen molar-refractivity contribution < 1.29 is 44.6 Å². The Balaban J connectivity index is 2.09. The highest BCUT2D eigenvalue weighted by Crippen LogP contribution is 2.34. The van der Waals surface area contributed by atoms with E-state index in [2.05, 4.69) is 0 Å². The van der Waals surface area contributed by atoms with Crippen LogP contribution >= 0.6 is 0 Å². The molecule has 0 aromatic heterocycles. The van der Waals surface area contributed by atoms with Crippen LogP contribution in [0.5, 0.6) is 11.5 Å². The molecule has 1 saturated carbocycles. The summed E-state index contributed by atoms with van der Waals surface area (Å²) in [5, 5.41) is 47.8. The first-order valence-electron chi connectivity index (χ1n) is 7.74. The Morgan fingerprint density at radius 3 is 2.46 bits per heavy atom. The quantitative estimate of drug-likeness (QED) is 0.275. The van der Waals surface area contributed by atoms with Crippen molar-refractivity contribution in [2.24, 2.45) is 0 Å². The minimum absolute atomic E-state index is 0.311. The van der Waals surface area contributed by atoms with Gasteiger partial charge in [-0.3, -0.25) is 0 Å². The molecular formula is C17H20O9. The lowest BCUT2D eigenvalue weighted by molar-refractivity contribution is -0.201. The Labute approximate surface area is 148 Å². The lowest BCUT2D eigenvalue weighted by Crippen LogP contribution is -2.57. The van der Waals surface area contributed by atoms with Gasteiger partial charge in [0.05, 0.1) is 6.10 Å². The van der Waals surface area contributed by atoms with E-state index in [0.29, 0.717) is 5.56 Å². The van der Waals surface area contributed by atoms with Gasteiger partial charge < -0.3 is 35.0 Å². The maximum Gasteiger partial charge on any atom is 0.336 e. The maximum absolute atomic E-state index is 12.0. The molecule has 9 heteroatoms. The lowest BCUT2D eigenvalue weighted by atomic mass is 9.79. The Morgan fingerprint density at radius 1 is 1.19 bits per heavy atom. The van der Waals surface area contributed by atoms with Crippen LogP contribution in [-0.4, -0.2) is 68.5 Å². The summed E-state index contributed by atoms with van der Waals surface area (Å²) in [6, 6.07) is 3.90. The number of aliphatic carboxylic acids is 1. The average Bonchev–Trinajstić information content (AvgIpc) is 2.59. The molecule has 1 aromatic carbocycles. The fraction of sp³-hybridized carbons (Fsp3) is 0.412. The van der Waals surface area contributed by atoms with Crippen LogP contribution in [0.15, 0.2) is 24.3 Å². The van der Waals surface area contributed by atoms with Gasteiger partial charge in [0.1, 0.15) is 12.2 Å². The molecular weight excluding hydrogens is 348 g/mol. The molecule has 1 aliphatic rings. The Morgan fingerprint density at radius 2 is 1.88 bits per heavy atom. The highest BCUT2D eigenvalue weighted by molar-refractivity contribution is 5.87. The van der Waals surface area contributed by atoms with Crippen LogP contribution in [-0.2, 0) is 19.1 Å². The summed E-state index contributed by atoms with van der Waals surface area (Å²) in [7, 11) is 1.16. The Hall–Kier alpha value is -2.62. The van der Waals surface area contributed by atoms with E-state index >= 15 is 0 Å². The minimum Gasteiger partial charge on any atom is -0.504 e. The number of ether oxygens (including phenoxy) is 2. The number of carboxylic acids is 1. The number of rotatable bonds is 5. The Bertz CT molecular complexity index is 714. The summed E-state index contributed by atoms with van der Waals surface area (Å²) in [4.78, 5) is 23.4. The topological polar surface area (TPSA) is 154 Å². The van der Waals surface area contributed by atoms with Crippen molar-refractivity contribution in [1.29, 1.82) is 0 Å². The molecule has 0 radical (unpaired) electrons. The van der Waals surface area contributed by atoms with Gasteiger partial charge in [0.15, 0.2) is 17.1 Å². The molecule has 2 unspecified atom stereocenters. The van der Waals surface area contributed by atoms with Crippen molar-refractivity contribution in [3.63, 3.8) is 0 Å². The van der Waals surface area contributed by atoms with E-state index in [4.69, 9.17) is 9.47 Å². The van der Waals surface area contributed by atoms with E-state index in [9.17, 15) is 35.1 Å². The smallest absolute Gasteiger partial charge is 0.336 e. The number of carboxylic acid groups (broad SMARTS) is 1. The van der Waals surface area contributed by atoms with Crippen molar-refractivity contribution >= 4 is 18.0 Å². The average molecular weight is 368 g/mol. The number of aromatic hydroxyl groups is 2. The second-order valence-electron chi connectivity index (χ2n) is 6.03. The predicted molar refractivity (Wildman–Crippen MR) is 87.3 cm³/mol. The zero-order valence-electron chi connectivity index (χ0n) is 13.9. The van der Waals surface area contributed by atoms with E-state index in [0.717, 1.165) is 13.2 Å². The van der Waals surface area contributed by atoms with Gasteiger partial charge in [0, 0.05) is 26.0 Å². The van der Waals surface area contributed by atoms with Gasteiger partial charge in [-0.25, -0.2) is 9.59 Å². The zero-order valence-corrected chi connectivity index (χ0v) is 13.9. The van der Waals surface area contributed by atoms with Crippen LogP contribution in [0, 0.1) is 0 Å². The van der Waals surface area contributed by atoms with Gasteiger partial charge in [0.25, 0.3) is 0 Å². The summed E-state index contributed by atoms with van der Waals surface area (Å²) < 4.78 is 10.1. The third kappa shape index (κ3) is 4.13. The molecule has 2 rings (SSSR count). The van der Waals surface area contributed by atoms with Crippen molar-refractivity contribution in [1.82, 2.24) is 0 Å². The number of carbonyl (C=O) groups excluding carboxylic acids is 1. The number of aliphatic hydroxyl groups is 2. The van der Waals surface area contributed by atoms with Gasteiger partial charge in [-0.15, -0.1) is 0 Å². The summed E-state index contributed by atoms with van der Waals surface area (Å²) in [5.41, 5.74) is -1.37. The van der Waals surface area contributed by atoms with E-state index in [-0.39, 0.29) is 24.3 Å². The first-order valence-corrected chi connectivity index (χ1v) is 7.74. The summed E-state index contributed by atoms with van der Waals surface area (Å²) >= 11 is 0. The van der Waals surface area contributed by atoms with Crippen molar-refractivity contribution in [3.8, 4) is 11.5 Å². The second-order valence-corrected chi connectivity index (χ2v) is 6.03. The van der Waals surface area contributed by atoms with E-state index < -0.39 is 35.9 Å². The number of esters is 1. The lowest BCUT2D eigenvalue weighted by Gasteiger charge is -2.41. The van der Waals surface area contributed by atoms with E-state index in [1.54, 1.807) is 0 Å². The fourth-order valence-corrected chi connectivity index (χ4v) is 2.77. The molecule has 9 nitrogen and oxygen atoms in total. The summed E-state index contributed by atoms with van der Waals surface area (Å²) in [5.74, 6) is -2.89. The van der Waals surface area contributed by atoms with Gasteiger partial charge in [0.2, 0.25) is 0 Å². The molecule has 1 aliphatic carbocycles. The monoisotopic (exact) mass is 368 g/mol. The number of hydrogen-bond donors (Lipinski definition) is 5. The van der Waals surface area contributed by atoms with Crippen molar-refractivity contribution in [2.45, 2.75) is 36.8 Å². The summed E-state index contributed by atoms with van der Waals surface area (Å²) in [6.07, 6.45) is -2.51. The van der Waals surface area contributed by atoms with Gasteiger partial charge >= 0.3 is 11.9 Å². The molecule has 1 fully saturated rings. The first-order chi connectivity index (χ1) is 12.2. The maximum atomic E-state index is 12.0. The first kappa shape index (κ1) is 19.7. The van der Waals surface area contributed by atoms with E-state index in [1.165, 1.54) is 24.3 Å². The second kappa shape index (κ2) is 7.73. The largest absolute Gasteiger partial charge is 0.504 e. The fourth-order valence-electron chi connectivity index (χ4n) is 2.77. The predicted octanol–water partition coefficient (Wildman–Crippen LogP) is 0.00820. The van der Waals surface area contributed by atoms with Crippen LogP contribution < -0.4 is 0 Å². The molecule has 5 N–H and O–H groups in total. The molecule has 0 spiro atoms. The molecule has 0 aliphatic heterocycles. The normalized spacial score (nSPS) is 28.8. The third-order valence-electron chi connectivity index (χ3n) is 4.30. The standard InChI is InChI=1S/C17H20O9/c1-25-17(16(23)24)7-12(20)15(22)13(8-17)26-14(21)5-3-9-2-4-10(18)11(19)6-9/h2-6,12-13,15,18-20,22H,7-8H2,1H3,(H,23,24)/b5-3+/t12?,13-,15?,17+/m1/s1. The van der Waals surface area contributed by atoms with Crippen LogP contribution in [0.4, 0.5) is 0 Å². The SMILES string of the molecule is CO[C@@]1(C(=O)O)CC(O)C(O)[C@H](OC(=O)/C=C/c2ccc(O)c(O)c2)C1. The highest BCUT2D eigenvalue weighted by Gasteiger charge is 2.51. The molecule has 1 aromatic rings. The molecule has 0 bridgehead atoms. The molecule has 4 atom stereocenters. The number of methoxy groups -OCH3 is 1. The zero-order chi connectivity index (χ0) is 19.5. The van der Waals surface area contributed by atoms with Crippen LogP contribution in [0.2, 0.25) is 0 Å². The van der Waals surface area contributed by atoms with Crippen LogP contribution in [0.3, 0.4) is 0 Å². The number of benzene rings is 1. The van der Waals surface area contributed by atoms with E-state index in [1.807, 2.05) is 0 Å². The molecule has 142 valence electrons. The molecule has 0 amide bonds. The highest BCUT2D eigenvalue weighted by atomic mass is 16.6. The third-order valence-corrected chi connectivity index (χ3v) is 4.30. The Kier molecular flexibility index (Phi) is 5.86. The number of carbonyl (C=O) groups is 2. The van der Waals surface area contributed by atoms with Crippen molar-refractivity contribution in [3.05, 3.63) is 29.8 Å². The minimum atomic E-state index is -1.77. The number of hydrogen-bond acceptors (Lipinski definition) is 8. The molecule has 26 heavy (non-hydrogen) atoms. The van der Waals surface area contributed by atoms with Crippen LogP contribution in [0.25, 0.3) is 6.08 Å². The van der Waals surface area contributed by atoms with Crippen LogP contribution in [0.1, 0.15) is 18.4 Å². The number of phenols is 2. The van der Waals surface area contributed by atoms with Crippen molar-refractivity contribution in [2.75, 3.05) is 7.11 Å². The number of phenolic OH excluding ortho intramolecular Hbond substituents is 2. The van der Waals surface area contributed by atoms with Gasteiger partial charge in [-0.05, 0) is 23.8 Å².